The lowest BCUT2D eigenvalue weighted by Gasteiger charge is -2.42. The Balaban J connectivity index is 1.30. The van der Waals surface area contributed by atoms with E-state index in [4.69, 9.17) is 0 Å². The predicted molar refractivity (Wildman–Crippen MR) is 150 cm³/mol. The van der Waals surface area contributed by atoms with Crippen LogP contribution in [0.5, 0.6) is 0 Å². The molecule has 5 unspecified atom stereocenters. The first-order valence-corrected chi connectivity index (χ1v) is 16.1. The summed E-state index contributed by atoms with van der Waals surface area (Å²) in [7, 11) is 0. The third kappa shape index (κ3) is 7.35. The summed E-state index contributed by atoms with van der Waals surface area (Å²) in [5, 5.41) is 0. The summed E-state index contributed by atoms with van der Waals surface area (Å²) in [6.45, 7) is 4.54. The van der Waals surface area contributed by atoms with Crippen LogP contribution in [0.1, 0.15) is 158 Å². The van der Waals surface area contributed by atoms with Gasteiger partial charge in [-0.25, -0.2) is 8.78 Å². The SMILES string of the molecule is CCCCCCCC1CCc2c(cc(F)c(C3CCC4CC(CCCCCCC)CCC4C3)c2F)C1. The molecule has 2 saturated carbocycles. The minimum absolute atomic E-state index is 0.0958. The fourth-order valence-corrected chi connectivity index (χ4v) is 8.14. The molecule has 204 valence electrons. The van der Waals surface area contributed by atoms with Crippen LogP contribution < -0.4 is 0 Å². The zero-order valence-electron chi connectivity index (χ0n) is 23.6. The molecule has 0 heterocycles. The summed E-state index contributed by atoms with van der Waals surface area (Å²) in [5.74, 6) is 2.71. The first-order valence-electron chi connectivity index (χ1n) is 16.1. The van der Waals surface area contributed by atoms with Gasteiger partial charge >= 0.3 is 0 Å². The number of hydrogen-bond donors (Lipinski definition) is 0. The molecule has 0 N–H and O–H groups in total. The molecule has 0 aliphatic heterocycles. The fourth-order valence-electron chi connectivity index (χ4n) is 8.14. The minimum Gasteiger partial charge on any atom is -0.207 e. The van der Waals surface area contributed by atoms with Crippen molar-refractivity contribution in [3.8, 4) is 0 Å². The minimum atomic E-state index is -0.237. The summed E-state index contributed by atoms with van der Waals surface area (Å²) in [5.41, 5.74) is 2.30. The molecule has 36 heavy (non-hydrogen) atoms. The normalized spacial score (nSPS) is 28.1. The quantitative estimate of drug-likeness (QED) is 0.236. The number of benzene rings is 1. The van der Waals surface area contributed by atoms with Crippen molar-refractivity contribution < 1.29 is 8.78 Å². The Labute approximate surface area is 221 Å². The molecule has 2 heteroatoms. The van der Waals surface area contributed by atoms with Crippen LogP contribution in [0.15, 0.2) is 6.07 Å². The second-order valence-electron chi connectivity index (χ2n) is 12.9. The highest BCUT2D eigenvalue weighted by molar-refractivity contribution is 5.39. The average Bonchev–Trinajstić information content (AvgIpc) is 2.88. The van der Waals surface area contributed by atoms with E-state index in [1.165, 1.54) is 103 Å². The molecule has 1 aromatic rings. The van der Waals surface area contributed by atoms with Crippen LogP contribution in [-0.4, -0.2) is 0 Å². The van der Waals surface area contributed by atoms with Crippen molar-refractivity contribution >= 4 is 0 Å². The number of rotatable bonds is 13. The second kappa shape index (κ2) is 14.3. The van der Waals surface area contributed by atoms with Crippen LogP contribution in [0.2, 0.25) is 0 Å². The van der Waals surface area contributed by atoms with E-state index in [-0.39, 0.29) is 17.6 Å². The molecule has 3 aliphatic rings. The summed E-state index contributed by atoms with van der Waals surface area (Å²) in [6, 6.07) is 1.75. The van der Waals surface area contributed by atoms with E-state index < -0.39 is 0 Å². The van der Waals surface area contributed by atoms with Gasteiger partial charge in [-0.1, -0.05) is 97.3 Å². The molecule has 4 rings (SSSR count). The Kier molecular flexibility index (Phi) is 11.2. The molecule has 0 saturated heterocycles. The zero-order chi connectivity index (χ0) is 25.3. The highest BCUT2D eigenvalue weighted by Gasteiger charge is 2.38. The van der Waals surface area contributed by atoms with Gasteiger partial charge in [-0.15, -0.1) is 0 Å². The van der Waals surface area contributed by atoms with Gasteiger partial charge in [0.05, 0.1) is 0 Å². The van der Waals surface area contributed by atoms with Gasteiger partial charge < -0.3 is 0 Å². The maximum absolute atomic E-state index is 15.8. The van der Waals surface area contributed by atoms with E-state index in [9.17, 15) is 0 Å². The second-order valence-corrected chi connectivity index (χ2v) is 12.9. The van der Waals surface area contributed by atoms with Crippen LogP contribution in [0.4, 0.5) is 8.78 Å². The van der Waals surface area contributed by atoms with E-state index in [1.807, 2.05) is 0 Å². The molecule has 0 amide bonds. The topological polar surface area (TPSA) is 0 Å². The van der Waals surface area contributed by atoms with E-state index in [2.05, 4.69) is 13.8 Å². The molecule has 0 spiro atoms. The number of hydrogen-bond acceptors (Lipinski definition) is 0. The monoisotopic (exact) mass is 500 g/mol. The molecule has 5 atom stereocenters. The van der Waals surface area contributed by atoms with E-state index in [0.717, 1.165) is 55.1 Å². The van der Waals surface area contributed by atoms with Crippen LogP contribution >= 0.6 is 0 Å². The molecular weight excluding hydrogens is 446 g/mol. The third-order valence-electron chi connectivity index (χ3n) is 10.3. The lowest BCUT2D eigenvalue weighted by Crippen LogP contribution is -2.31. The smallest absolute Gasteiger partial charge is 0.133 e. The van der Waals surface area contributed by atoms with Gasteiger partial charge in [0.25, 0.3) is 0 Å². The molecule has 3 aliphatic carbocycles. The fraction of sp³-hybridized carbons (Fsp3) is 0.824. The van der Waals surface area contributed by atoms with Gasteiger partial charge in [-0.2, -0.15) is 0 Å². The molecule has 2 fully saturated rings. The Morgan fingerprint density at radius 2 is 1.33 bits per heavy atom. The van der Waals surface area contributed by atoms with Gasteiger partial charge in [0.1, 0.15) is 11.6 Å². The van der Waals surface area contributed by atoms with E-state index in [1.54, 1.807) is 6.07 Å². The van der Waals surface area contributed by atoms with Crippen LogP contribution in [0.3, 0.4) is 0 Å². The van der Waals surface area contributed by atoms with Crippen LogP contribution in [-0.2, 0) is 12.8 Å². The van der Waals surface area contributed by atoms with Gasteiger partial charge in [-0.3, -0.25) is 0 Å². The molecule has 0 radical (unpaired) electrons. The Bertz CT molecular complexity index is 799. The van der Waals surface area contributed by atoms with Gasteiger partial charge in [0.15, 0.2) is 0 Å². The van der Waals surface area contributed by atoms with Crippen LogP contribution in [0.25, 0.3) is 0 Å². The highest BCUT2D eigenvalue weighted by atomic mass is 19.1. The van der Waals surface area contributed by atoms with Gasteiger partial charge in [0, 0.05) is 5.56 Å². The van der Waals surface area contributed by atoms with Crippen molar-refractivity contribution in [1.29, 1.82) is 0 Å². The first kappa shape index (κ1) is 28.1. The lowest BCUT2D eigenvalue weighted by atomic mass is 9.63. The third-order valence-corrected chi connectivity index (χ3v) is 10.3. The molecule has 1 aromatic carbocycles. The summed E-state index contributed by atoms with van der Waals surface area (Å²) < 4.78 is 31.2. The van der Waals surface area contributed by atoms with E-state index >= 15 is 8.78 Å². The first-order chi connectivity index (χ1) is 17.6. The maximum Gasteiger partial charge on any atom is 0.133 e. The maximum atomic E-state index is 15.8. The lowest BCUT2D eigenvalue weighted by molar-refractivity contribution is 0.111. The van der Waals surface area contributed by atoms with Crippen molar-refractivity contribution in [3.05, 3.63) is 34.4 Å². The number of unbranched alkanes of at least 4 members (excludes halogenated alkanes) is 8. The Morgan fingerprint density at radius 1 is 0.694 bits per heavy atom. The summed E-state index contributed by atoms with van der Waals surface area (Å²) >= 11 is 0. The zero-order valence-corrected chi connectivity index (χ0v) is 23.6. The number of fused-ring (bicyclic) bond motifs is 2. The largest absolute Gasteiger partial charge is 0.207 e. The summed E-state index contributed by atoms with van der Waals surface area (Å²) in [4.78, 5) is 0. The van der Waals surface area contributed by atoms with Gasteiger partial charge in [-0.05, 0) is 98.1 Å². The predicted octanol–water partition coefficient (Wildman–Crippen LogP) is 11.1. The Morgan fingerprint density at radius 3 is 2.06 bits per heavy atom. The highest BCUT2D eigenvalue weighted by Crippen LogP contribution is 2.50. The molecular formula is C34H54F2. The van der Waals surface area contributed by atoms with Crippen molar-refractivity contribution in [2.45, 2.75) is 155 Å². The van der Waals surface area contributed by atoms with Crippen molar-refractivity contribution in [3.63, 3.8) is 0 Å². The van der Waals surface area contributed by atoms with Crippen LogP contribution in [0, 0.1) is 35.3 Å². The summed E-state index contributed by atoms with van der Waals surface area (Å²) in [6.07, 6.45) is 26.0. The van der Waals surface area contributed by atoms with Crippen molar-refractivity contribution in [2.24, 2.45) is 23.7 Å². The molecule has 0 nitrogen and oxygen atoms in total. The molecule has 0 aromatic heterocycles. The molecule has 0 bridgehead atoms. The van der Waals surface area contributed by atoms with E-state index in [0.29, 0.717) is 17.4 Å². The Hall–Kier alpha value is -0.920. The van der Waals surface area contributed by atoms with Crippen molar-refractivity contribution in [2.75, 3.05) is 0 Å². The number of halogens is 2. The van der Waals surface area contributed by atoms with Crippen molar-refractivity contribution in [1.82, 2.24) is 0 Å². The average molecular weight is 501 g/mol. The van der Waals surface area contributed by atoms with Gasteiger partial charge in [0.2, 0.25) is 0 Å². The standard InChI is InChI=1S/C34H54F2/c1-3-5-7-9-11-13-25-15-17-28-23-29(19-18-27(28)21-25)33-32(35)24-30-22-26(14-12-10-8-6-4-2)16-20-31(30)34(33)36/h24-29H,3-23H2,1-2H3.